The van der Waals surface area contributed by atoms with E-state index in [0.29, 0.717) is 0 Å². The Balaban J connectivity index is 2.43. The molecule has 1 nitrogen and oxygen atoms in total. The van der Waals surface area contributed by atoms with Gasteiger partial charge < -0.3 is 4.98 Å². The summed E-state index contributed by atoms with van der Waals surface area (Å²) in [5.41, 5.74) is 2.25. The molecule has 1 aromatic carbocycles. The van der Waals surface area contributed by atoms with Gasteiger partial charge in [0.15, 0.2) is 0 Å². The number of nitrogens with one attached hydrogen (secondary N) is 1. The quantitative estimate of drug-likeness (QED) is 0.588. The summed E-state index contributed by atoms with van der Waals surface area (Å²) >= 11 is 3.36. The SMILES string of the molecule is BrCCC#Cc1cccc2[nH]ccc12. The number of fused-ring (bicyclic) bond motifs is 1. The van der Waals surface area contributed by atoms with Crippen LogP contribution in [0.5, 0.6) is 0 Å². The Morgan fingerprint density at radius 2 is 2.21 bits per heavy atom. The molecule has 0 fully saturated rings. The van der Waals surface area contributed by atoms with Gasteiger partial charge in [-0.25, -0.2) is 0 Å². The lowest BCUT2D eigenvalue weighted by Crippen LogP contribution is -1.76. The molecule has 2 rings (SSSR count). The minimum Gasteiger partial charge on any atom is -0.361 e. The van der Waals surface area contributed by atoms with Crippen molar-refractivity contribution in [3.05, 3.63) is 36.0 Å². The van der Waals surface area contributed by atoms with Crippen LogP contribution in [-0.4, -0.2) is 10.3 Å². The van der Waals surface area contributed by atoms with Crippen molar-refractivity contribution in [3.63, 3.8) is 0 Å². The molecule has 0 radical (unpaired) electrons. The second-order valence-electron chi connectivity index (χ2n) is 2.99. The number of hydrogen-bond donors (Lipinski definition) is 1. The fraction of sp³-hybridized carbons (Fsp3) is 0.167. The van der Waals surface area contributed by atoms with E-state index in [1.807, 2.05) is 12.3 Å². The summed E-state index contributed by atoms with van der Waals surface area (Å²) in [5.74, 6) is 6.30. The average Bonchev–Trinajstić information content (AvgIpc) is 2.67. The van der Waals surface area contributed by atoms with Crippen molar-refractivity contribution in [2.45, 2.75) is 6.42 Å². The molecule has 70 valence electrons. The van der Waals surface area contributed by atoms with E-state index in [2.05, 4.69) is 51.0 Å². The van der Waals surface area contributed by atoms with Gasteiger partial charge in [-0.1, -0.05) is 33.8 Å². The number of H-pyrrole nitrogens is 1. The average molecular weight is 248 g/mol. The predicted octanol–water partition coefficient (Wildman–Crippen LogP) is 3.30. The van der Waals surface area contributed by atoms with Gasteiger partial charge in [-0.15, -0.1) is 0 Å². The maximum Gasteiger partial charge on any atom is 0.0466 e. The molecule has 0 bridgehead atoms. The normalized spacial score (nSPS) is 9.79. The van der Waals surface area contributed by atoms with E-state index < -0.39 is 0 Å². The molecule has 1 N–H and O–H groups in total. The van der Waals surface area contributed by atoms with E-state index in [4.69, 9.17) is 0 Å². The first-order chi connectivity index (χ1) is 6.92. The molecule has 0 saturated heterocycles. The van der Waals surface area contributed by atoms with Crippen LogP contribution in [0.4, 0.5) is 0 Å². The fourth-order valence-electron chi connectivity index (χ4n) is 1.40. The molecule has 2 heteroatoms. The maximum atomic E-state index is 3.36. The lowest BCUT2D eigenvalue weighted by atomic mass is 10.1. The molecule has 0 aliphatic rings. The zero-order valence-corrected chi connectivity index (χ0v) is 9.26. The van der Waals surface area contributed by atoms with Gasteiger partial charge >= 0.3 is 0 Å². The number of hydrogen-bond acceptors (Lipinski definition) is 0. The van der Waals surface area contributed by atoms with Crippen LogP contribution in [0.3, 0.4) is 0 Å². The summed E-state index contributed by atoms with van der Waals surface area (Å²) < 4.78 is 0. The van der Waals surface area contributed by atoms with Crippen LogP contribution in [0.25, 0.3) is 10.9 Å². The summed E-state index contributed by atoms with van der Waals surface area (Å²) in [6, 6.07) is 8.20. The van der Waals surface area contributed by atoms with Crippen molar-refractivity contribution in [2.24, 2.45) is 0 Å². The van der Waals surface area contributed by atoms with E-state index in [-0.39, 0.29) is 0 Å². The third kappa shape index (κ3) is 1.83. The van der Waals surface area contributed by atoms with Gasteiger partial charge in [0.25, 0.3) is 0 Å². The summed E-state index contributed by atoms with van der Waals surface area (Å²) in [7, 11) is 0. The van der Waals surface area contributed by atoms with Crippen LogP contribution in [-0.2, 0) is 0 Å². The molecule has 0 aliphatic carbocycles. The van der Waals surface area contributed by atoms with Gasteiger partial charge in [-0.2, -0.15) is 0 Å². The van der Waals surface area contributed by atoms with Gasteiger partial charge in [-0.3, -0.25) is 0 Å². The van der Waals surface area contributed by atoms with E-state index in [1.165, 1.54) is 5.39 Å². The van der Waals surface area contributed by atoms with Crippen LogP contribution in [0.2, 0.25) is 0 Å². The molecule has 2 aromatic rings. The van der Waals surface area contributed by atoms with Crippen LogP contribution in [0.1, 0.15) is 12.0 Å². The van der Waals surface area contributed by atoms with E-state index >= 15 is 0 Å². The first kappa shape index (κ1) is 9.36. The van der Waals surface area contributed by atoms with Crippen molar-refractivity contribution < 1.29 is 0 Å². The fourth-order valence-corrected chi connectivity index (χ4v) is 1.60. The highest BCUT2D eigenvalue weighted by atomic mass is 79.9. The van der Waals surface area contributed by atoms with E-state index in [1.54, 1.807) is 0 Å². The highest BCUT2D eigenvalue weighted by molar-refractivity contribution is 9.09. The van der Waals surface area contributed by atoms with Gasteiger partial charge in [0, 0.05) is 34.4 Å². The molecule has 1 aromatic heterocycles. The van der Waals surface area contributed by atoms with Crippen LogP contribution < -0.4 is 0 Å². The minimum atomic E-state index is 0.890. The second kappa shape index (κ2) is 4.34. The van der Waals surface area contributed by atoms with E-state index in [0.717, 1.165) is 22.8 Å². The Bertz CT molecular complexity index is 487. The van der Waals surface area contributed by atoms with Crippen molar-refractivity contribution in [3.8, 4) is 11.8 Å². The highest BCUT2D eigenvalue weighted by Gasteiger charge is 1.96. The van der Waals surface area contributed by atoms with Crippen molar-refractivity contribution >= 4 is 26.8 Å². The standard InChI is InChI=1S/C12H10BrN/c13-8-2-1-4-10-5-3-6-12-11(10)7-9-14-12/h3,5-7,9,14H,2,8H2. The number of aromatic amines is 1. The van der Waals surface area contributed by atoms with Crippen molar-refractivity contribution in [2.75, 3.05) is 5.33 Å². The Morgan fingerprint density at radius 3 is 3.07 bits per heavy atom. The Kier molecular flexibility index (Phi) is 2.90. The number of alkyl halides is 1. The molecule has 14 heavy (non-hydrogen) atoms. The molecule has 0 unspecified atom stereocenters. The molecule has 0 spiro atoms. The zero-order chi connectivity index (χ0) is 9.80. The molecule has 0 aliphatic heterocycles. The summed E-state index contributed by atoms with van der Waals surface area (Å²) in [4.78, 5) is 3.17. The lowest BCUT2D eigenvalue weighted by Gasteiger charge is -1.92. The maximum absolute atomic E-state index is 3.36. The van der Waals surface area contributed by atoms with Crippen LogP contribution in [0.15, 0.2) is 30.5 Å². The number of aromatic nitrogens is 1. The van der Waals surface area contributed by atoms with Crippen molar-refractivity contribution in [1.82, 2.24) is 4.98 Å². The monoisotopic (exact) mass is 247 g/mol. The predicted molar refractivity (Wildman–Crippen MR) is 63.6 cm³/mol. The number of rotatable bonds is 1. The van der Waals surface area contributed by atoms with Gasteiger partial charge in [0.2, 0.25) is 0 Å². The van der Waals surface area contributed by atoms with Crippen LogP contribution in [0, 0.1) is 11.8 Å². The van der Waals surface area contributed by atoms with Gasteiger partial charge in [0.1, 0.15) is 0 Å². The lowest BCUT2D eigenvalue weighted by molar-refractivity contribution is 1.32. The van der Waals surface area contributed by atoms with Gasteiger partial charge in [-0.05, 0) is 18.2 Å². The molecule has 0 atom stereocenters. The van der Waals surface area contributed by atoms with Crippen LogP contribution >= 0.6 is 15.9 Å². The van der Waals surface area contributed by atoms with E-state index in [9.17, 15) is 0 Å². The second-order valence-corrected chi connectivity index (χ2v) is 3.78. The zero-order valence-electron chi connectivity index (χ0n) is 7.68. The summed E-state index contributed by atoms with van der Waals surface area (Å²) in [6.07, 6.45) is 2.83. The third-order valence-corrected chi connectivity index (χ3v) is 2.43. The highest BCUT2D eigenvalue weighted by Crippen LogP contribution is 2.15. The first-order valence-corrected chi connectivity index (χ1v) is 5.65. The Labute approximate surface area is 91.6 Å². The summed E-state index contributed by atoms with van der Waals surface area (Å²) in [6.45, 7) is 0. The summed E-state index contributed by atoms with van der Waals surface area (Å²) in [5, 5.41) is 2.14. The molecular formula is C12H10BrN. The molecule has 0 amide bonds. The topological polar surface area (TPSA) is 15.8 Å². The van der Waals surface area contributed by atoms with Crippen molar-refractivity contribution in [1.29, 1.82) is 0 Å². The Hall–Kier alpha value is -1.20. The Morgan fingerprint density at radius 1 is 1.29 bits per heavy atom. The largest absolute Gasteiger partial charge is 0.361 e. The smallest absolute Gasteiger partial charge is 0.0466 e. The number of benzene rings is 1. The van der Waals surface area contributed by atoms with Gasteiger partial charge in [0.05, 0.1) is 0 Å². The molecular weight excluding hydrogens is 238 g/mol. The molecule has 0 saturated carbocycles. The first-order valence-electron chi connectivity index (χ1n) is 4.53. The minimum absolute atomic E-state index is 0.890. The molecule has 1 heterocycles. The third-order valence-electron chi connectivity index (χ3n) is 2.04. The number of halogens is 1.